The Balaban J connectivity index is 1.85. The van der Waals surface area contributed by atoms with Crippen LogP contribution in [0, 0.1) is 22.7 Å². The van der Waals surface area contributed by atoms with Gasteiger partial charge in [-0.05, 0) is 61.2 Å². The number of rotatable bonds is 6. The Morgan fingerprint density at radius 2 is 1.83 bits per heavy atom. The lowest BCUT2D eigenvalue weighted by Crippen LogP contribution is -2.35. The molecule has 1 aromatic heterocycles. The summed E-state index contributed by atoms with van der Waals surface area (Å²) in [6.45, 7) is 5.09. The van der Waals surface area contributed by atoms with E-state index in [1.54, 1.807) is 12.1 Å². The van der Waals surface area contributed by atoms with Gasteiger partial charge in [-0.2, -0.15) is 10.5 Å². The molecule has 0 unspecified atom stereocenters. The first-order valence-electron chi connectivity index (χ1n) is 9.64. The molecule has 1 N–H and O–H groups in total. The van der Waals surface area contributed by atoms with Crippen LogP contribution in [-0.4, -0.2) is 23.5 Å². The molecule has 0 saturated heterocycles. The quantitative estimate of drug-likeness (QED) is 0.699. The second kappa shape index (κ2) is 8.31. The van der Waals surface area contributed by atoms with E-state index in [0.29, 0.717) is 25.1 Å². The molecule has 0 spiro atoms. The molecule has 0 aliphatic carbocycles. The van der Waals surface area contributed by atoms with Gasteiger partial charge in [-0.1, -0.05) is 31.2 Å². The fraction of sp³-hybridized carbons (Fsp3) is 0.292. The van der Waals surface area contributed by atoms with Crippen molar-refractivity contribution in [2.75, 3.05) is 13.6 Å². The highest BCUT2D eigenvalue weighted by Gasteiger charge is 2.28. The first-order chi connectivity index (χ1) is 13.9. The molecule has 0 aliphatic heterocycles. The lowest BCUT2D eigenvalue weighted by Gasteiger charge is -2.28. The van der Waals surface area contributed by atoms with Gasteiger partial charge in [0.1, 0.15) is 0 Å². The average molecular weight is 384 g/mol. The Kier molecular flexibility index (Phi) is 5.82. The highest BCUT2D eigenvalue weighted by molar-refractivity contribution is 5.80. The molecular weight excluding hydrogens is 360 g/mol. The Labute approximate surface area is 170 Å². The van der Waals surface area contributed by atoms with Crippen LogP contribution in [0.3, 0.4) is 0 Å². The normalized spacial score (nSPS) is 13.0. The number of hydrogen-bond donors (Lipinski definition) is 1. The number of nitriles is 2. The zero-order valence-corrected chi connectivity index (χ0v) is 17.0. The van der Waals surface area contributed by atoms with E-state index in [1.165, 1.54) is 0 Å². The molecule has 0 fully saturated rings. The summed E-state index contributed by atoms with van der Waals surface area (Å²) in [6, 6.07) is 19.8. The van der Waals surface area contributed by atoms with Gasteiger partial charge in [-0.3, -0.25) is 4.79 Å². The van der Waals surface area contributed by atoms with E-state index >= 15 is 0 Å². The van der Waals surface area contributed by atoms with Crippen LogP contribution in [0.2, 0.25) is 0 Å². The molecule has 3 aromatic rings. The predicted octanol–water partition coefficient (Wildman–Crippen LogP) is 3.88. The van der Waals surface area contributed by atoms with Gasteiger partial charge in [0.25, 0.3) is 5.56 Å². The number of aromatic nitrogens is 1. The monoisotopic (exact) mass is 384 g/mol. The molecule has 5 nitrogen and oxygen atoms in total. The fourth-order valence-corrected chi connectivity index (χ4v) is 3.64. The molecule has 146 valence electrons. The number of fused-ring (bicyclic) bond motifs is 1. The molecule has 3 rings (SSSR count). The van der Waals surface area contributed by atoms with Gasteiger partial charge in [0.15, 0.2) is 0 Å². The minimum Gasteiger partial charge on any atom is -0.322 e. The summed E-state index contributed by atoms with van der Waals surface area (Å²) in [5, 5.41) is 19.8. The molecule has 0 amide bonds. The average Bonchev–Trinajstić information content (AvgIpc) is 2.73. The maximum atomic E-state index is 12.2. The van der Waals surface area contributed by atoms with E-state index in [-0.39, 0.29) is 5.56 Å². The Morgan fingerprint density at radius 1 is 1.10 bits per heavy atom. The number of aryl methyl sites for hydroxylation is 1. The number of nitrogens with one attached hydrogen (secondary N) is 1. The summed E-state index contributed by atoms with van der Waals surface area (Å²) in [4.78, 5) is 17.2. The first kappa shape index (κ1) is 20.3. The van der Waals surface area contributed by atoms with E-state index in [0.717, 1.165) is 27.6 Å². The van der Waals surface area contributed by atoms with Crippen LogP contribution < -0.4 is 5.56 Å². The third-order valence-corrected chi connectivity index (χ3v) is 5.31. The van der Waals surface area contributed by atoms with Crippen molar-refractivity contribution in [2.24, 2.45) is 0 Å². The van der Waals surface area contributed by atoms with Crippen LogP contribution in [0.4, 0.5) is 0 Å². The second-order valence-electron chi connectivity index (χ2n) is 7.70. The summed E-state index contributed by atoms with van der Waals surface area (Å²) in [6.07, 6.45) is 0.684. The summed E-state index contributed by atoms with van der Waals surface area (Å²) in [7, 11) is 1.98. The largest absolute Gasteiger partial charge is 0.322 e. The van der Waals surface area contributed by atoms with E-state index in [2.05, 4.69) is 22.0 Å². The Morgan fingerprint density at radius 3 is 2.45 bits per heavy atom. The van der Waals surface area contributed by atoms with Crippen molar-refractivity contribution in [1.82, 2.24) is 9.88 Å². The molecule has 1 heterocycles. The van der Waals surface area contributed by atoms with Gasteiger partial charge in [0, 0.05) is 24.2 Å². The third-order valence-electron chi connectivity index (χ3n) is 5.31. The number of pyridine rings is 1. The predicted molar refractivity (Wildman–Crippen MR) is 114 cm³/mol. The number of likely N-dealkylation sites (N-methyl/N-ethyl adjacent to an activating group) is 1. The smallest absolute Gasteiger partial charge is 0.251 e. The van der Waals surface area contributed by atoms with Crippen molar-refractivity contribution in [3.8, 4) is 12.1 Å². The SMILES string of the molecule is CCc1cc2ccc([C@](C)(C#N)CN(C)Cc3ccc(C#N)cc3)cc2[nH]c1=O. The van der Waals surface area contributed by atoms with Gasteiger partial charge in [0.2, 0.25) is 0 Å². The minimum atomic E-state index is -0.726. The van der Waals surface area contributed by atoms with Crippen LogP contribution in [-0.2, 0) is 18.4 Å². The molecule has 5 heteroatoms. The summed E-state index contributed by atoms with van der Waals surface area (Å²) in [5.74, 6) is 0. The van der Waals surface area contributed by atoms with E-state index in [4.69, 9.17) is 5.26 Å². The summed E-state index contributed by atoms with van der Waals surface area (Å²) >= 11 is 0. The highest BCUT2D eigenvalue weighted by atomic mass is 16.1. The van der Waals surface area contributed by atoms with E-state index < -0.39 is 5.41 Å². The fourth-order valence-electron chi connectivity index (χ4n) is 3.64. The third kappa shape index (κ3) is 4.37. The van der Waals surface area contributed by atoms with Crippen LogP contribution in [0.15, 0.2) is 53.3 Å². The zero-order valence-electron chi connectivity index (χ0n) is 17.0. The molecule has 0 bridgehead atoms. The summed E-state index contributed by atoms with van der Waals surface area (Å²) < 4.78 is 0. The van der Waals surface area contributed by atoms with Gasteiger partial charge in [0.05, 0.1) is 23.1 Å². The van der Waals surface area contributed by atoms with Crippen molar-refractivity contribution in [3.05, 3.63) is 81.1 Å². The topological polar surface area (TPSA) is 83.7 Å². The maximum absolute atomic E-state index is 12.2. The number of H-pyrrole nitrogens is 1. The van der Waals surface area contributed by atoms with Crippen LogP contribution in [0.1, 0.15) is 36.1 Å². The molecule has 0 saturated carbocycles. The van der Waals surface area contributed by atoms with Crippen molar-refractivity contribution in [3.63, 3.8) is 0 Å². The van der Waals surface area contributed by atoms with Crippen LogP contribution in [0.5, 0.6) is 0 Å². The van der Waals surface area contributed by atoms with E-state index in [9.17, 15) is 10.1 Å². The minimum absolute atomic E-state index is 0.0752. The Hall–Kier alpha value is -3.41. The Bertz CT molecular complexity index is 1160. The molecule has 0 aliphatic rings. The van der Waals surface area contributed by atoms with Gasteiger partial charge in [-0.15, -0.1) is 0 Å². The number of hydrogen-bond acceptors (Lipinski definition) is 4. The van der Waals surface area contributed by atoms with Gasteiger partial charge >= 0.3 is 0 Å². The van der Waals surface area contributed by atoms with Gasteiger partial charge in [-0.25, -0.2) is 0 Å². The molecule has 0 radical (unpaired) electrons. The lowest BCUT2D eigenvalue weighted by molar-refractivity contribution is 0.281. The van der Waals surface area contributed by atoms with Crippen LogP contribution in [0.25, 0.3) is 10.9 Å². The van der Waals surface area contributed by atoms with Crippen molar-refractivity contribution >= 4 is 10.9 Å². The van der Waals surface area contributed by atoms with E-state index in [1.807, 2.05) is 57.3 Å². The van der Waals surface area contributed by atoms with Crippen molar-refractivity contribution in [1.29, 1.82) is 10.5 Å². The molecule has 1 atom stereocenters. The van der Waals surface area contributed by atoms with Crippen LogP contribution >= 0.6 is 0 Å². The summed E-state index contributed by atoms with van der Waals surface area (Å²) in [5.41, 5.74) is 3.30. The number of benzene rings is 2. The maximum Gasteiger partial charge on any atom is 0.251 e. The second-order valence-corrected chi connectivity index (χ2v) is 7.70. The first-order valence-corrected chi connectivity index (χ1v) is 9.64. The van der Waals surface area contributed by atoms with Crippen molar-refractivity contribution in [2.45, 2.75) is 32.2 Å². The van der Waals surface area contributed by atoms with Gasteiger partial charge < -0.3 is 9.88 Å². The molecular formula is C24H24N4O. The molecule has 29 heavy (non-hydrogen) atoms. The lowest BCUT2D eigenvalue weighted by atomic mass is 9.83. The number of nitrogens with zero attached hydrogens (tertiary/aromatic N) is 3. The van der Waals surface area contributed by atoms with Crippen molar-refractivity contribution < 1.29 is 0 Å². The molecule has 2 aromatic carbocycles. The standard InChI is InChI=1S/C24H24N4O/c1-4-19-11-20-9-10-21(12-22(20)27-23(19)29)24(2,15-26)16-28(3)14-18-7-5-17(13-25)6-8-18/h5-12H,4,14,16H2,1-3H3,(H,27,29)/t24-/m1/s1. The highest BCUT2D eigenvalue weighted by Crippen LogP contribution is 2.27. The number of aromatic amines is 1. The zero-order chi connectivity index (χ0) is 21.0.